The number of nitrogens with one attached hydrogen (secondary N) is 1. The summed E-state index contributed by atoms with van der Waals surface area (Å²) in [5.41, 5.74) is 4.33. The van der Waals surface area contributed by atoms with E-state index < -0.39 is 0 Å². The molecule has 2 aromatic rings. The van der Waals surface area contributed by atoms with Crippen molar-refractivity contribution < 1.29 is 0 Å². The van der Waals surface area contributed by atoms with E-state index in [1.807, 2.05) is 11.3 Å². The molecule has 0 spiro atoms. The number of aryl methyl sites for hydroxylation is 2. The highest BCUT2D eigenvalue weighted by atomic mass is 32.1. The Balaban J connectivity index is 2.12. The predicted molar refractivity (Wildman–Crippen MR) is 85.1 cm³/mol. The van der Waals surface area contributed by atoms with E-state index in [0.29, 0.717) is 6.04 Å². The zero-order valence-electron chi connectivity index (χ0n) is 12.1. The van der Waals surface area contributed by atoms with Gasteiger partial charge in [-0.15, -0.1) is 11.3 Å². The lowest BCUT2D eigenvalue weighted by molar-refractivity contribution is 0.522. The van der Waals surface area contributed by atoms with E-state index in [9.17, 15) is 0 Å². The quantitative estimate of drug-likeness (QED) is 0.834. The normalized spacial score (nSPS) is 12.6. The molecule has 0 saturated heterocycles. The van der Waals surface area contributed by atoms with Crippen molar-refractivity contribution in [2.24, 2.45) is 0 Å². The number of benzene rings is 1. The highest BCUT2D eigenvalue weighted by Gasteiger charge is 2.13. The average molecular weight is 273 g/mol. The Morgan fingerprint density at radius 3 is 2.37 bits per heavy atom. The minimum absolute atomic E-state index is 0.531. The largest absolute Gasteiger partial charge is 0.314 e. The van der Waals surface area contributed by atoms with E-state index in [1.54, 1.807) is 0 Å². The van der Waals surface area contributed by atoms with Crippen LogP contribution in [0.25, 0.3) is 0 Å². The zero-order chi connectivity index (χ0) is 13.7. The van der Waals surface area contributed by atoms with E-state index in [1.165, 1.54) is 21.6 Å². The van der Waals surface area contributed by atoms with Crippen molar-refractivity contribution >= 4 is 11.3 Å². The van der Waals surface area contributed by atoms with E-state index >= 15 is 0 Å². The Labute approximate surface area is 120 Å². The monoisotopic (exact) mass is 273 g/mol. The number of thiophene rings is 1. The second-order valence-corrected chi connectivity index (χ2v) is 6.14. The molecule has 2 heteroatoms. The van der Waals surface area contributed by atoms with Gasteiger partial charge in [-0.2, -0.15) is 0 Å². The van der Waals surface area contributed by atoms with Crippen molar-refractivity contribution in [3.05, 3.63) is 57.3 Å². The Kier molecular flexibility index (Phi) is 5.17. The van der Waals surface area contributed by atoms with Gasteiger partial charge in [0.05, 0.1) is 0 Å². The van der Waals surface area contributed by atoms with Crippen LogP contribution in [0.4, 0.5) is 0 Å². The lowest BCUT2D eigenvalue weighted by atomic mass is 9.95. The molecule has 0 aliphatic rings. The second-order valence-electron chi connectivity index (χ2n) is 5.11. The van der Waals surface area contributed by atoms with Gasteiger partial charge in [0.25, 0.3) is 0 Å². The van der Waals surface area contributed by atoms with Crippen LogP contribution in [0, 0.1) is 13.8 Å². The van der Waals surface area contributed by atoms with Crippen LogP contribution < -0.4 is 5.32 Å². The summed E-state index contributed by atoms with van der Waals surface area (Å²) >= 11 is 1.86. The number of likely N-dealkylation sites (N-methyl/N-ethyl adjacent to an activating group) is 1. The minimum atomic E-state index is 0.531. The van der Waals surface area contributed by atoms with Crippen LogP contribution in [-0.4, -0.2) is 12.6 Å². The van der Waals surface area contributed by atoms with Gasteiger partial charge in [-0.05, 0) is 61.4 Å². The predicted octanol–water partition coefficient (Wildman–Crippen LogP) is 4.13. The molecule has 1 aromatic heterocycles. The van der Waals surface area contributed by atoms with Gasteiger partial charge in [0.15, 0.2) is 0 Å². The van der Waals surface area contributed by atoms with Gasteiger partial charge in [0, 0.05) is 10.9 Å². The van der Waals surface area contributed by atoms with Crippen molar-refractivity contribution in [1.82, 2.24) is 5.32 Å². The molecule has 2 rings (SSSR count). The molecule has 1 nitrogen and oxygen atoms in total. The van der Waals surface area contributed by atoms with Gasteiger partial charge in [-0.3, -0.25) is 0 Å². The summed E-state index contributed by atoms with van der Waals surface area (Å²) < 4.78 is 0. The SMILES string of the molecule is CCNC(Cc1cccs1)Cc1c(C)cccc1C. The van der Waals surface area contributed by atoms with Gasteiger partial charge in [-0.1, -0.05) is 31.2 Å². The Morgan fingerprint density at radius 1 is 1.05 bits per heavy atom. The van der Waals surface area contributed by atoms with Crippen LogP contribution in [0.2, 0.25) is 0 Å². The average Bonchev–Trinajstić information content (AvgIpc) is 2.87. The molecule has 0 aliphatic carbocycles. The molecular weight excluding hydrogens is 250 g/mol. The summed E-state index contributed by atoms with van der Waals surface area (Å²) in [5, 5.41) is 5.79. The molecule has 19 heavy (non-hydrogen) atoms. The lowest BCUT2D eigenvalue weighted by Crippen LogP contribution is -2.33. The smallest absolute Gasteiger partial charge is 0.0156 e. The maximum absolute atomic E-state index is 3.63. The fourth-order valence-corrected chi connectivity index (χ4v) is 3.38. The first-order chi connectivity index (χ1) is 9.20. The molecule has 0 bridgehead atoms. The topological polar surface area (TPSA) is 12.0 Å². The molecule has 0 radical (unpaired) electrons. The summed E-state index contributed by atoms with van der Waals surface area (Å²) in [6.45, 7) is 7.65. The van der Waals surface area contributed by atoms with Crippen molar-refractivity contribution in [1.29, 1.82) is 0 Å². The highest BCUT2D eigenvalue weighted by Crippen LogP contribution is 2.18. The fourth-order valence-electron chi connectivity index (χ4n) is 2.59. The zero-order valence-corrected chi connectivity index (χ0v) is 12.9. The minimum Gasteiger partial charge on any atom is -0.314 e. The van der Waals surface area contributed by atoms with E-state index in [4.69, 9.17) is 0 Å². The van der Waals surface area contributed by atoms with Gasteiger partial charge in [0.1, 0.15) is 0 Å². The summed E-state index contributed by atoms with van der Waals surface area (Å²) in [5.74, 6) is 0. The number of rotatable bonds is 6. The molecule has 0 fully saturated rings. The van der Waals surface area contributed by atoms with Crippen LogP contribution in [0.1, 0.15) is 28.5 Å². The first-order valence-electron chi connectivity index (χ1n) is 7.01. The number of hydrogen-bond acceptors (Lipinski definition) is 2. The highest BCUT2D eigenvalue weighted by molar-refractivity contribution is 7.09. The third kappa shape index (κ3) is 3.92. The van der Waals surface area contributed by atoms with Gasteiger partial charge in [0.2, 0.25) is 0 Å². The molecular formula is C17H23NS. The van der Waals surface area contributed by atoms with Crippen LogP contribution in [0.15, 0.2) is 35.7 Å². The van der Waals surface area contributed by atoms with Crippen molar-refractivity contribution in [3.8, 4) is 0 Å². The standard InChI is InChI=1S/C17H23NS/c1-4-18-15(11-16-9-6-10-19-16)12-17-13(2)7-5-8-14(17)3/h5-10,15,18H,4,11-12H2,1-3H3. The maximum atomic E-state index is 3.63. The summed E-state index contributed by atoms with van der Waals surface area (Å²) in [6, 6.07) is 11.5. The molecule has 0 saturated carbocycles. The maximum Gasteiger partial charge on any atom is 0.0156 e. The molecule has 1 unspecified atom stereocenters. The third-order valence-electron chi connectivity index (χ3n) is 3.62. The molecule has 1 atom stereocenters. The van der Waals surface area contributed by atoms with Crippen LogP contribution in [0.5, 0.6) is 0 Å². The van der Waals surface area contributed by atoms with Crippen LogP contribution >= 0.6 is 11.3 Å². The van der Waals surface area contributed by atoms with E-state index in [-0.39, 0.29) is 0 Å². The van der Waals surface area contributed by atoms with Crippen LogP contribution in [0.3, 0.4) is 0 Å². The molecule has 0 aliphatic heterocycles. The Bertz CT molecular complexity index is 482. The van der Waals surface area contributed by atoms with Crippen molar-refractivity contribution in [3.63, 3.8) is 0 Å². The Hall–Kier alpha value is -1.12. The second kappa shape index (κ2) is 6.88. The number of hydrogen-bond donors (Lipinski definition) is 1. The van der Waals surface area contributed by atoms with Crippen molar-refractivity contribution in [2.45, 2.75) is 39.7 Å². The first kappa shape index (κ1) is 14.3. The fraction of sp³-hybridized carbons (Fsp3) is 0.412. The van der Waals surface area contributed by atoms with Gasteiger partial charge in [-0.25, -0.2) is 0 Å². The van der Waals surface area contributed by atoms with Crippen molar-refractivity contribution in [2.75, 3.05) is 6.54 Å². The molecule has 102 valence electrons. The summed E-state index contributed by atoms with van der Waals surface area (Å²) in [4.78, 5) is 1.47. The van der Waals surface area contributed by atoms with Gasteiger partial charge >= 0.3 is 0 Å². The summed E-state index contributed by atoms with van der Waals surface area (Å²) in [7, 11) is 0. The molecule has 1 heterocycles. The van der Waals surface area contributed by atoms with Gasteiger partial charge < -0.3 is 5.32 Å². The Morgan fingerprint density at radius 2 is 1.79 bits per heavy atom. The van der Waals surface area contributed by atoms with Crippen LogP contribution in [-0.2, 0) is 12.8 Å². The third-order valence-corrected chi connectivity index (χ3v) is 4.51. The lowest BCUT2D eigenvalue weighted by Gasteiger charge is -2.20. The molecule has 0 amide bonds. The molecule has 1 aromatic carbocycles. The first-order valence-corrected chi connectivity index (χ1v) is 7.89. The van der Waals surface area contributed by atoms with E-state index in [2.05, 4.69) is 61.8 Å². The van der Waals surface area contributed by atoms with E-state index in [0.717, 1.165) is 19.4 Å². The molecule has 1 N–H and O–H groups in total. The summed E-state index contributed by atoms with van der Waals surface area (Å²) in [6.07, 6.45) is 2.24.